The summed E-state index contributed by atoms with van der Waals surface area (Å²) < 4.78 is 41.3. The van der Waals surface area contributed by atoms with Gasteiger partial charge in [-0.25, -0.2) is 22.8 Å². The zero-order chi connectivity index (χ0) is 20.5. The fourth-order valence-electron chi connectivity index (χ4n) is 2.40. The Kier molecular flexibility index (Phi) is 6.04. The second-order valence-corrected chi connectivity index (χ2v) is 9.14. The molecule has 0 unspecified atom stereocenters. The predicted octanol–water partition coefficient (Wildman–Crippen LogP) is 4.54. The van der Waals surface area contributed by atoms with Gasteiger partial charge in [-0.3, -0.25) is 9.52 Å². The number of thiophene rings is 1. The minimum absolute atomic E-state index is 0.0866. The molecule has 3 rings (SSSR count). The number of halogens is 3. The van der Waals surface area contributed by atoms with Gasteiger partial charge in [0, 0.05) is 5.38 Å². The number of fused-ring (bicyclic) bond motifs is 1. The highest BCUT2D eigenvalue weighted by molar-refractivity contribution is 7.92. The fraction of sp³-hybridized carbons (Fsp3) is 0.188. The maximum Gasteiger partial charge on any atom is 0.258 e. The number of benzene rings is 1. The number of nitrogens with zero attached hydrogens (tertiary/aromatic N) is 2. The Balaban J connectivity index is 1.94. The smallest absolute Gasteiger partial charge is 0.258 e. The summed E-state index contributed by atoms with van der Waals surface area (Å²) in [6.45, 7) is 1.68. The number of amides is 1. The van der Waals surface area contributed by atoms with Crippen LogP contribution in [0.15, 0.2) is 23.8 Å². The van der Waals surface area contributed by atoms with E-state index in [0.717, 1.165) is 0 Å². The van der Waals surface area contributed by atoms with Gasteiger partial charge >= 0.3 is 0 Å². The minimum Gasteiger partial charge on any atom is -0.318 e. The lowest BCUT2D eigenvalue weighted by atomic mass is 10.2. The van der Waals surface area contributed by atoms with Gasteiger partial charge in [0.1, 0.15) is 11.5 Å². The summed E-state index contributed by atoms with van der Waals surface area (Å²) in [4.78, 5) is 20.5. The van der Waals surface area contributed by atoms with Crippen LogP contribution in [0, 0.1) is 5.82 Å². The third-order valence-corrected chi connectivity index (χ3v) is 6.79. The van der Waals surface area contributed by atoms with E-state index in [4.69, 9.17) is 23.2 Å². The molecule has 0 spiro atoms. The van der Waals surface area contributed by atoms with Crippen molar-refractivity contribution in [2.45, 2.75) is 13.3 Å². The summed E-state index contributed by atoms with van der Waals surface area (Å²) in [7, 11) is -3.72. The fourth-order valence-corrected chi connectivity index (χ4v) is 4.87. The standard InChI is InChI=1S/C16H13Cl2FN4O3S2/c1-2-5-28(25,26)23-10-4-3-9(17)13(11(10)19)22-16(24)8-6-27-14-12(8)20-7-21-15(14)18/h3-4,6-7,23H,2,5H2,1H3,(H,22,24). The van der Waals surface area contributed by atoms with Crippen LogP contribution in [0.25, 0.3) is 10.2 Å². The highest BCUT2D eigenvalue weighted by atomic mass is 35.5. The normalized spacial score (nSPS) is 11.6. The van der Waals surface area contributed by atoms with Crippen molar-refractivity contribution >= 4 is 72.1 Å². The Morgan fingerprint density at radius 2 is 2.04 bits per heavy atom. The number of carbonyl (C=O) groups excluding carboxylic acids is 1. The Hall–Kier alpha value is -2.01. The molecule has 3 aromatic rings. The van der Waals surface area contributed by atoms with Crippen molar-refractivity contribution in [2.75, 3.05) is 15.8 Å². The molecule has 2 N–H and O–H groups in total. The maximum atomic E-state index is 14.8. The number of hydrogen-bond acceptors (Lipinski definition) is 6. The first-order valence-corrected chi connectivity index (χ1v) is 11.2. The Labute approximate surface area is 174 Å². The number of sulfonamides is 1. The summed E-state index contributed by atoms with van der Waals surface area (Å²) in [5.74, 6) is -1.83. The number of aromatic nitrogens is 2. The van der Waals surface area contributed by atoms with Crippen LogP contribution in [-0.4, -0.2) is 30.0 Å². The van der Waals surface area contributed by atoms with E-state index in [1.165, 1.54) is 35.2 Å². The summed E-state index contributed by atoms with van der Waals surface area (Å²) in [6.07, 6.45) is 1.58. The van der Waals surface area contributed by atoms with Crippen LogP contribution in [0.5, 0.6) is 0 Å². The lowest BCUT2D eigenvalue weighted by Gasteiger charge is -2.13. The summed E-state index contributed by atoms with van der Waals surface area (Å²) in [6, 6.07) is 2.47. The Bertz CT molecular complexity index is 1170. The first-order valence-electron chi connectivity index (χ1n) is 7.91. The van der Waals surface area contributed by atoms with Crippen LogP contribution in [0.4, 0.5) is 15.8 Å². The number of carbonyl (C=O) groups is 1. The molecule has 1 aromatic carbocycles. The van der Waals surface area contributed by atoms with Crippen LogP contribution in [0.1, 0.15) is 23.7 Å². The molecule has 0 atom stereocenters. The molecule has 1 amide bonds. The molecule has 0 saturated carbocycles. The third-order valence-electron chi connectivity index (χ3n) is 3.62. The predicted molar refractivity (Wildman–Crippen MR) is 109 cm³/mol. The molecule has 2 heterocycles. The molecule has 0 radical (unpaired) electrons. The average molecular weight is 463 g/mol. The van der Waals surface area contributed by atoms with Gasteiger partial charge in [0.05, 0.1) is 37.9 Å². The van der Waals surface area contributed by atoms with Crippen molar-refractivity contribution < 1.29 is 17.6 Å². The van der Waals surface area contributed by atoms with Crippen molar-refractivity contribution in [2.24, 2.45) is 0 Å². The van der Waals surface area contributed by atoms with Gasteiger partial charge in [-0.2, -0.15) is 0 Å². The molecular weight excluding hydrogens is 450 g/mol. The van der Waals surface area contributed by atoms with E-state index in [-0.39, 0.29) is 32.9 Å². The zero-order valence-corrected chi connectivity index (χ0v) is 17.4. The Morgan fingerprint density at radius 1 is 1.29 bits per heavy atom. The molecule has 28 heavy (non-hydrogen) atoms. The van der Waals surface area contributed by atoms with E-state index < -0.39 is 21.7 Å². The van der Waals surface area contributed by atoms with Gasteiger partial charge < -0.3 is 5.32 Å². The van der Waals surface area contributed by atoms with Gasteiger partial charge in [-0.1, -0.05) is 30.1 Å². The molecule has 7 nitrogen and oxygen atoms in total. The molecule has 2 aromatic heterocycles. The van der Waals surface area contributed by atoms with E-state index in [1.54, 1.807) is 6.92 Å². The lowest BCUT2D eigenvalue weighted by molar-refractivity contribution is 0.102. The number of hydrogen-bond donors (Lipinski definition) is 2. The molecule has 0 bridgehead atoms. The minimum atomic E-state index is -3.72. The van der Waals surface area contributed by atoms with Gasteiger partial charge in [0.15, 0.2) is 5.82 Å². The second-order valence-electron chi connectivity index (χ2n) is 5.65. The van der Waals surface area contributed by atoms with Gasteiger partial charge in [-0.05, 0) is 18.6 Å². The molecule has 0 aliphatic rings. The first-order chi connectivity index (χ1) is 13.2. The molecular formula is C16H13Cl2FN4O3S2. The van der Waals surface area contributed by atoms with Crippen molar-refractivity contribution in [1.82, 2.24) is 9.97 Å². The van der Waals surface area contributed by atoms with E-state index in [0.29, 0.717) is 16.6 Å². The molecule has 0 aliphatic carbocycles. The van der Waals surface area contributed by atoms with Crippen LogP contribution in [0.3, 0.4) is 0 Å². The SMILES string of the molecule is CCCS(=O)(=O)Nc1ccc(Cl)c(NC(=O)c2csc3c(Cl)ncnc23)c1F. The quantitative estimate of drug-likeness (QED) is 0.523. The lowest BCUT2D eigenvalue weighted by Crippen LogP contribution is -2.18. The van der Waals surface area contributed by atoms with Gasteiger partial charge in [0.2, 0.25) is 10.0 Å². The van der Waals surface area contributed by atoms with Gasteiger partial charge in [-0.15, -0.1) is 11.3 Å². The van der Waals surface area contributed by atoms with Crippen molar-refractivity contribution in [3.05, 3.63) is 45.4 Å². The van der Waals surface area contributed by atoms with E-state index in [2.05, 4.69) is 20.0 Å². The monoisotopic (exact) mass is 462 g/mol. The van der Waals surface area contributed by atoms with Crippen LogP contribution in [0.2, 0.25) is 10.2 Å². The zero-order valence-electron chi connectivity index (χ0n) is 14.3. The van der Waals surface area contributed by atoms with E-state index >= 15 is 0 Å². The summed E-state index contributed by atoms with van der Waals surface area (Å²) >= 11 is 13.1. The first kappa shape index (κ1) is 20.7. The van der Waals surface area contributed by atoms with Crippen molar-refractivity contribution in [3.8, 4) is 0 Å². The second kappa shape index (κ2) is 8.16. The summed E-state index contributed by atoms with van der Waals surface area (Å²) in [5.41, 5.74) is -0.174. The van der Waals surface area contributed by atoms with Gasteiger partial charge in [0.25, 0.3) is 5.91 Å². The van der Waals surface area contributed by atoms with Crippen molar-refractivity contribution in [1.29, 1.82) is 0 Å². The topological polar surface area (TPSA) is 101 Å². The highest BCUT2D eigenvalue weighted by Crippen LogP contribution is 2.33. The van der Waals surface area contributed by atoms with E-state index in [1.807, 2.05) is 0 Å². The van der Waals surface area contributed by atoms with Crippen LogP contribution in [-0.2, 0) is 10.0 Å². The molecule has 12 heteroatoms. The van der Waals surface area contributed by atoms with Crippen molar-refractivity contribution in [3.63, 3.8) is 0 Å². The molecule has 0 fully saturated rings. The molecule has 148 valence electrons. The highest BCUT2D eigenvalue weighted by Gasteiger charge is 2.21. The molecule has 0 saturated heterocycles. The number of rotatable bonds is 6. The number of nitrogens with one attached hydrogen (secondary N) is 2. The maximum absolute atomic E-state index is 14.8. The Morgan fingerprint density at radius 3 is 2.75 bits per heavy atom. The van der Waals surface area contributed by atoms with Crippen LogP contribution < -0.4 is 10.0 Å². The summed E-state index contributed by atoms with van der Waals surface area (Å²) in [5, 5.41) is 4.00. The largest absolute Gasteiger partial charge is 0.318 e. The average Bonchev–Trinajstić information content (AvgIpc) is 3.06. The van der Waals surface area contributed by atoms with E-state index in [9.17, 15) is 17.6 Å². The van der Waals surface area contributed by atoms with Crippen LogP contribution >= 0.6 is 34.5 Å². The third kappa shape index (κ3) is 4.19. The number of anilines is 2. The molecule has 0 aliphatic heterocycles.